The molecule has 2 amide bonds. The van der Waals surface area contributed by atoms with E-state index in [9.17, 15) is 9.59 Å². The van der Waals surface area contributed by atoms with Gasteiger partial charge in [-0.15, -0.1) is 0 Å². The zero-order chi connectivity index (χ0) is 21.5. The standard InChI is InChI=1S/C24H27N5O2/c1-3-26-10-11-27(16-23(26)30)20-14-28(15-20)24(31)19-5-6-21-18(12-19)8-9-29(21)22-7-4-17(2)13-25-22/h4-9,12-13,20H,3,10-11,14-16H2,1-2H3. The number of aromatic nitrogens is 2. The smallest absolute Gasteiger partial charge is 0.253 e. The Hall–Kier alpha value is -3.19. The molecule has 0 spiro atoms. The van der Waals surface area contributed by atoms with E-state index >= 15 is 0 Å². The first kappa shape index (κ1) is 19.8. The number of rotatable bonds is 4. The molecule has 4 heterocycles. The fourth-order valence-corrected chi connectivity index (χ4v) is 4.49. The monoisotopic (exact) mass is 417 g/mol. The summed E-state index contributed by atoms with van der Waals surface area (Å²) in [5, 5.41) is 1.02. The molecule has 2 aliphatic rings. The molecule has 7 heteroatoms. The summed E-state index contributed by atoms with van der Waals surface area (Å²) >= 11 is 0. The number of pyridine rings is 1. The van der Waals surface area contributed by atoms with Crippen LogP contribution in [0.25, 0.3) is 16.7 Å². The second-order valence-corrected chi connectivity index (χ2v) is 8.46. The van der Waals surface area contributed by atoms with Gasteiger partial charge in [0.1, 0.15) is 5.82 Å². The van der Waals surface area contributed by atoms with Crippen LogP contribution in [-0.4, -0.2) is 81.4 Å². The Balaban J connectivity index is 1.26. The molecule has 3 aromatic rings. The first-order valence-electron chi connectivity index (χ1n) is 10.9. The molecule has 0 atom stereocenters. The van der Waals surface area contributed by atoms with Gasteiger partial charge in [0.25, 0.3) is 5.91 Å². The van der Waals surface area contributed by atoms with E-state index in [4.69, 9.17) is 0 Å². The number of aryl methyl sites for hydroxylation is 1. The van der Waals surface area contributed by atoms with Crippen molar-refractivity contribution in [3.63, 3.8) is 0 Å². The fourth-order valence-electron chi connectivity index (χ4n) is 4.49. The van der Waals surface area contributed by atoms with Crippen LogP contribution >= 0.6 is 0 Å². The van der Waals surface area contributed by atoms with Crippen LogP contribution in [0.4, 0.5) is 0 Å². The van der Waals surface area contributed by atoms with Crippen LogP contribution < -0.4 is 0 Å². The minimum Gasteiger partial charge on any atom is -0.341 e. The van der Waals surface area contributed by atoms with Gasteiger partial charge in [-0.2, -0.15) is 0 Å². The van der Waals surface area contributed by atoms with Crippen LogP contribution in [0.3, 0.4) is 0 Å². The van der Waals surface area contributed by atoms with Crippen LogP contribution in [0.15, 0.2) is 48.8 Å². The van der Waals surface area contributed by atoms with Gasteiger partial charge in [-0.25, -0.2) is 4.98 Å². The summed E-state index contributed by atoms with van der Waals surface area (Å²) in [6.07, 6.45) is 3.85. The SMILES string of the molecule is CCN1CCN(C2CN(C(=O)c3ccc4c(ccn4-c4ccc(C)cn4)c3)C2)CC1=O. The highest BCUT2D eigenvalue weighted by atomic mass is 16.2. The molecule has 0 radical (unpaired) electrons. The van der Waals surface area contributed by atoms with Gasteiger partial charge in [0.2, 0.25) is 5.91 Å². The second-order valence-electron chi connectivity index (χ2n) is 8.46. The molecule has 1 aromatic carbocycles. The van der Waals surface area contributed by atoms with Gasteiger partial charge in [0.05, 0.1) is 12.1 Å². The first-order chi connectivity index (χ1) is 15.0. The molecule has 2 saturated heterocycles. The Morgan fingerprint density at radius 1 is 1.13 bits per heavy atom. The molecule has 0 bridgehead atoms. The van der Waals surface area contributed by atoms with Gasteiger partial charge in [0, 0.05) is 62.1 Å². The van der Waals surface area contributed by atoms with Crippen molar-refractivity contribution in [2.24, 2.45) is 0 Å². The summed E-state index contributed by atoms with van der Waals surface area (Å²) in [4.78, 5) is 35.6. The lowest BCUT2D eigenvalue weighted by atomic mass is 10.0. The Bertz CT molecular complexity index is 1130. The van der Waals surface area contributed by atoms with Crippen molar-refractivity contribution < 1.29 is 9.59 Å². The van der Waals surface area contributed by atoms with Gasteiger partial charge < -0.3 is 14.4 Å². The molecule has 5 rings (SSSR count). The van der Waals surface area contributed by atoms with Crippen molar-refractivity contribution in [1.82, 2.24) is 24.3 Å². The van der Waals surface area contributed by atoms with E-state index in [2.05, 4.69) is 9.88 Å². The zero-order valence-corrected chi connectivity index (χ0v) is 18.0. The first-order valence-corrected chi connectivity index (χ1v) is 10.9. The fraction of sp³-hybridized carbons (Fsp3) is 0.375. The number of fused-ring (bicyclic) bond motifs is 1. The lowest BCUT2D eigenvalue weighted by Crippen LogP contribution is -2.65. The quantitative estimate of drug-likeness (QED) is 0.654. The van der Waals surface area contributed by atoms with Crippen molar-refractivity contribution >= 4 is 22.7 Å². The van der Waals surface area contributed by atoms with Gasteiger partial charge in [-0.1, -0.05) is 6.07 Å². The van der Waals surface area contributed by atoms with Crippen molar-refractivity contribution in [3.8, 4) is 5.82 Å². The van der Waals surface area contributed by atoms with E-state index in [0.717, 1.165) is 41.9 Å². The Morgan fingerprint density at radius 3 is 2.68 bits per heavy atom. The largest absolute Gasteiger partial charge is 0.341 e. The minimum atomic E-state index is 0.0536. The van der Waals surface area contributed by atoms with Crippen molar-refractivity contribution in [3.05, 3.63) is 59.9 Å². The molecular weight excluding hydrogens is 390 g/mol. The van der Waals surface area contributed by atoms with E-state index in [1.807, 2.05) is 77.0 Å². The molecule has 2 fully saturated rings. The Labute approximate surface area is 181 Å². The van der Waals surface area contributed by atoms with E-state index in [0.29, 0.717) is 25.2 Å². The van der Waals surface area contributed by atoms with E-state index in [1.54, 1.807) is 0 Å². The topological polar surface area (TPSA) is 61.7 Å². The summed E-state index contributed by atoms with van der Waals surface area (Å²) < 4.78 is 2.04. The second kappa shape index (κ2) is 7.81. The van der Waals surface area contributed by atoms with Gasteiger partial charge >= 0.3 is 0 Å². The predicted molar refractivity (Wildman–Crippen MR) is 119 cm³/mol. The number of carbonyl (C=O) groups is 2. The Morgan fingerprint density at radius 2 is 1.97 bits per heavy atom. The highest BCUT2D eigenvalue weighted by molar-refractivity contribution is 5.99. The number of hydrogen-bond donors (Lipinski definition) is 0. The molecule has 160 valence electrons. The number of hydrogen-bond acceptors (Lipinski definition) is 4. The number of likely N-dealkylation sites (tertiary alicyclic amines) is 1. The van der Waals surface area contributed by atoms with Crippen LogP contribution in [0.1, 0.15) is 22.8 Å². The number of likely N-dealkylation sites (N-methyl/N-ethyl adjacent to an activating group) is 1. The third-order valence-corrected chi connectivity index (χ3v) is 6.48. The van der Waals surface area contributed by atoms with Crippen molar-refractivity contribution in [1.29, 1.82) is 0 Å². The number of nitrogens with zero attached hydrogens (tertiary/aromatic N) is 5. The van der Waals surface area contributed by atoms with Crippen LogP contribution in [0, 0.1) is 6.92 Å². The normalized spacial score (nSPS) is 17.9. The molecule has 0 unspecified atom stereocenters. The summed E-state index contributed by atoms with van der Waals surface area (Å²) in [7, 11) is 0. The average Bonchev–Trinajstić information content (AvgIpc) is 3.16. The highest BCUT2D eigenvalue weighted by Crippen LogP contribution is 2.24. The molecule has 7 nitrogen and oxygen atoms in total. The molecule has 31 heavy (non-hydrogen) atoms. The zero-order valence-electron chi connectivity index (χ0n) is 18.0. The number of benzene rings is 1. The van der Waals surface area contributed by atoms with Gasteiger partial charge in [-0.05, 0) is 49.7 Å². The third kappa shape index (κ3) is 3.59. The summed E-state index contributed by atoms with van der Waals surface area (Å²) in [6.45, 7) is 8.31. The maximum absolute atomic E-state index is 13.0. The highest BCUT2D eigenvalue weighted by Gasteiger charge is 2.38. The number of amides is 2. The summed E-state index contributed by atoms with van der Waals surface area (Å²) in [5.41, 5.74) is 2.85. The molecule has 0 aliphatic carbocycles. The maximum Gasteiger partial charge on any atom is 0.253 e. The lowest BCUT2D eigenvalue weighted by Gasteiger charge is -2.47. The summed E-state index contributed by atoms with van der Waals surface area (Å²) in [5.74, 6) is 1.11. The van der Waals surface area contributed by atoms with Crippen LogP contribution in [0.2, 0.25) is 0 Å². The number of piperazine rings is 1. The molecular formula is C24H27N5O2. The molecule has 2 aromatic heterocycles. The van der Waals surface area contributed by atoms with E-state index in [-0.39, 0.29) is 17.9 Å². The predicted octanol–water partition coefficient (Wildman–Crippen LogP) is 2.32. The van der Waals surface area contributed by atoms with Crippen molar-refractivity contribution in [2.45, 2.75) is 19.9 Å². The van der Waals surface area contributed by atoms with Gasteiger partial charge in [-0.3, -0.25) is 14.5 Å². The molecule has 0 saturated carbocycles. The lowest BCUT2D eigenvalue weighted by molar-refractivity contribution is -0.138. The van der Waals surface area contributed by atoms with Crippen LogP contribution in [-0.2, 0) is 4.79 Å². The Kier molecular flexibility index (Phi) is 4.98. The molecule has 0 N–H and O–H groups in total. The van der Waals surface area contributed by atoms with Crippen LogP contribution in [0.5, 0.6) is 0 Å². The van der Waals surface area contributed by atoms with E-state index < -0.39 is 0 Å². The van der Waals surface area contributed by atoms with E-state index in [1.165, 1.54) is 0 Å². The number of carbonyl (C=O) groups excluding carboxylic acids is 2. The third-order valence-electron chi connectivity index (χ3n) is 6.48. The minimum absolute atomic E-state index is 0.0536. The summed E-state index contributed by atoms with van der Waals surface area (Å²) in [6, 6.07) is 12.2. The van der Waals surface area contributed by atoms with Gasteiger partial charge in [0.15, 0.2) is 0 Å². The van der Waals surface area contributed by atoms with Crippen molar-refractivity contribution in [2.75, 3.05) is 39.3 Å². The average molecular weight is 418 g/mol. The molecule has 2 aliphatic heterocycles. The maximum atomic E-state index is 13.0.